The van der Waals surface area contributed by atoms with E-state index in [4.69, 9.17) is 9.47 Å². The molecular weight excluding hydrogens is 721 g/mol. The number of halogens is 1. The Morgan fingerprint density at radius 2 is 1.82 bits per heavy atom. The van der Waals surface area contributed by atoms with Crippen LogP contribution in [0.15, 0.2) is 54.6 Å². The summed E-state index contributed by atoms with van der Waals surface area (Å²) in [5.74, 6) is -2.27. The van der Waals surface area contributed by atoms with Crippen molar-refractivity contribution in [2.75, 3.05) is 6.54 Å². The third kappa shape index (κ3) is 9.39. The molecule has 56 heavy (non-hydrogen) atoms. The fraction of sp³-hybridized carbons (Fsp3) is 0.524. The molecule has 6 rings (SSSR count). The lowest BCUT2D eigenvalue weighted by Crippen LogP contribution is -2.57. The molecule has 1 aliphatic carbocycles. The minimum absolute atomic E-state index is 0.0131. The zero-order chi connectivity index (χ0) is 40.2. The topological polar surface area (TPSA) is 163 Å². The molecule has 0 unspecified atom stereocenters. The minimum atomic E-state index is -1.30. The number of Topliss-reactive ketones (excluding diaryl/α,β-unsaturated/α-hetero) is 1. The number of fused-ring (bicyclic) bond motifs is 3. The average Bonchev–Trinajstić information content (AvgIpc) is 3.44. The molecule has 300 valence electrons. The maximum Gasteiger partial charge on any atom is 0.410 e. The number of hydrogen-bond acceptors (Lipinski definition) is 8. The first-order valence-corrected chi connectivity index (χ1v) is 19.6. The quantitative estimate of drug-likeness (QED) is 0.247. The first-order valence-electron chi connectivity index (χ1n) is 19.6. The molecule has 0 aromatic heterocycles. The molecule has 0 radical (unpaired) electrons. The van der Waals surface area contributed by atoms with E-state index >= 15 is 0 Å². The van der Waals surface area contributed by atoms with Crippen LogP contribution in [0.25, 0.3) is 0 Å². The van der Waals surface area contributed by atoms with Crippen molar-refractivity contribution in [3.05, 3.63) is 82.7 Å². The minimum Gasteiger partial charge on any atom is -0.444 e. The molecule has 14 heteroatoms. The van der Waals surface area contributed by atoms with Crippen LogP contribution < -0.4 is 16.0 Å². The van der Waals surface area contributed by atoms with Crippen LogP contribution in [0.2, 0.25) is 0 Å². The van der Waals surface area contributed by atoms with Crippen LogP contribution in [0.1, 0.15) is 106 Å². The Morgan fingerprint density at radius 1 is 1.04 bits per heavy atom. The van der Waals surface area contributed by atoms with Crippen molar-refractivity contribution >= 4 is 35.7 Å². The highest BCUT2D eigenvalue weighted by molar-refractivity contribution is 5.99. The highest BCUT2D eigenvalue weighted by Gasteiger charge is 2.61. The van der Waals surface area contributed by atoms with Crippen LogP contribution in [0, 0.1) is 11.7 Å². The van der Waals surface area contributed by atoms with E-state index in [1.165, 1.54) is 15.9 Å². The third-order valence-corrected chi connectivity index (χ3v) is 10.8. The van der Waals surface area contributed by atoms with Gasteiger partial charge in [-0.2, -0.15) is 0 Å². The molecule has 13 nitrogen and oxygen atoms in total. The van der Waals surface area contributed by atoms with Gasteiger partial charge in [-0.1, -0.05) is 62.2 Å². The normalized spacial score (nSPS) is 25.7. The molecule has 2 aromatic carbocycles. The van der Waals surface area contributed by atoms with E-state index in [-0.39, 0.29) is 50.7 Å². The van der Waals surface area contributed by atoms with Crippen molar-refractivity contribution in [2.24, 2.45) is 5.92 Å². The van der Waals surface area contributed by atoms with Crippen molar-refractivity contribution in [1.82, 2.24) is 25.8 Å². The van der Waals surface area contributed by atoms with Crippen LogP contribution >= 0.6 is 0 Å². The van der Waals surface area contributed by atoms with Gasteiger partial charge in [-0.05, 0) is 69.7 Å². The van der Waals surface area contributed by atoms with Gasteiger partial charge >= 0.3 is 12.2 Å². The average molecular weight is 774 g/mol. The van der Waals surface area contributed by atoms with E-state index in [9.17, 15) is 33.2 Å². The summed E-state index contributed by atoms with van der Waals surface area (Å²) < 4.78 is 25.8. The van der Waals surface area contributed by atoms with Gasteiger partial charge in [0.25, 0.3) is 0 Å². The first kappa shape index (κ1) is 40.4. The zero-order valence-electron chi connectivity index (χ0n) is 32.5. The van der Waals surface area contributed by atoms with Crippen LogP contribution in [-0.2, 0) is 43.5 Å². The second-order valence-corrected chi connectivity index (χ2v) is 16.2. The number of nitrogens with one attached hydrogen (secondary N) is 3. The van der Waals surface area contributed by atoms with Gasteiger partial charge < -0.3 is 30.3 Å². The first-order chi connectivity index (χ1) is 26.7. The van der Waals surface area contributed by atoms with Gasteiger partial charge in [0.15, 0.2) is 5.78 Å². The molecule has 3 heterocycles. The third-order valence-electron chi connectivity index (χ3n) is 10.8. The lowest BCUT2D eigenvalue weighted by molar-refractivity contribution is -0.141. The molecule has 5 amide bonds. The number of carbonyl (C=O) groups is 6. The molecule has 2 aromatic rings. The predicted octanol–water partition coefficient (Wildman–Crippen LogP) is 5.45. The molecule has 1 saturated heterocycles. The van der Waals surface area contributed by atoms with E-state index in [2.05, 4.69) is 16.0 Å². The molecule has 3 N–H and O–H groups in total. The van der Waals surface area contributed by atoms with Crippen molar-refractivity contribution in [2.45, 2.75) is 128 Å². The lowest BCUT2D eigenvalue weighted by atomic mass is 10.0. The Bertz CT molecular complexity index is 1890. The largest absolute Gasteiger partial charge is 0.444 e. The second-order valence-electron chi connectivity index (χ2n) is 16.2. The van der Waals surface area contributed by atoms with E-state index in [0.29, 0.717) is 36.0 Å². The number of rotatable bonds is 7. The Balaban J connectivity index is 1.23. The van der Waals surface area contributed by atoms with Gasteiger partial charge in [-0.15, -0.1) is 0 Å². The molecule has 0 bridgehead atoms. The smallest absolute Gasteiger partial charge is 0.410 e. The van der Waals surface area contributed by atoms with E-state index < -0.39 is 65.1 Å². The van der Waals surface area contributed by atoms with Gasteiger partial charge in [0, 0.05) is 43.0 Å². The number of amides is 5. The molecular formula is C42H52FN5O8. The number of benzene rings is 2. The summed E-state index contributed by atoms with van der Waals surface area (Å²) in [6.45, 7) is 7.10. The number of ether oxygens (including phenoxy) is 2. The summed E-state index contributed by atoms with van der Waals surface area (Å²) in [5.41, 5.74) is 0.244. The SMILES string of the molecule is CCC(=O)c1cccc(CNC(=O)[C@@]23C[C@@H]2/C=C\CCCCC[C@H](NC(=O)OC(C)(C)C)C(=O)N2C[C@H](OC(=O)N4Cc5cccc(F)c5C4)C[C@H]2C(=O)N3)c1. The van der Waals surface area contributed by atoms with E-state index in [1.807, 2.05) is 18.2 Å². The van der Waals surface area contributed by atoms with Gasteiger partial charge in [0.2, 0.25) is 17.7 Å². The van der Waals surface area contributed by atoms with Crippen molar-refractivity contribution in [1.29, 1.82) is 0 Å². The highest BCUT2D eigenvalue weighted by atomic mass is 19.1. The number of alkyl carbamates (subject to hydrolysis) is 1. The van der Waals surface area contributed by atoms with Gasteiger partial charge in [-0.25, -0.2) is 14.0 Å². The molecule has 5 atom stereocenters. The van der Waals surface area contributed by atoms with Crippen molar-refractivity contribution in [3.63, 3.8) is 0 Å². The van der Waals surface area contributed by atoms with Crippen LogP contribution in [0.4, 0.5) is 14.0 Å². The van der Waals surface area contributed by atoms with E-state index in [0.717, 1.165) is 24.8 Å². The Morgan fingerprint density at radius 3 is 2.57 bits per heavy atom. The Hall–Kier alpha value is -5.27. The monoisotopic (exact) mass is 773 g/mol. The van der Waals surface area contributed by atoms with Crippen LogP contribution in [0.3, 0.4) is 0 Å². The predicted molar refractivity (Wildman–Crippen MR) is 203 cm³/mol. The summed E-state index contributed by atoms with van der Waals surface area (Å²) in [5, 5.41) is 8.65. The Kier molecular flexibility index (Phi) is 12.2. The van der Waals surface area contributed by atoms with Crippen molar-refractivity contribution < 1.29 is 42.6 Å². The molecule has 0 spiro atoms. The fourth-order valence-electron chi connectivity index (χ4n) is 7.74. The second kappa shape index (κ2) is 16.8. The summed E-state index contributed by atoms with van der Waals surface area (Å²) in [6.07, 6.45) is 5.39. The maximum absolute atomic E-state index is 14.5. The molecule has 2 fully saturated rings. The number of hydrogen-bond donors (Lipinski definition) is 3. The van der Waals surface area contributed by atoms with E-state index in [1.54, 1.807) is 58.0 Å². The van der Waals surface area contributed by atoms with Crippen LogP contribution in [0.5, 0.6) is 0 Å². The maximum atomic E-state index is 14.5. The van der Waals surface area contributed by atoms with Crippen molar-refractivity contribution in [3.8, 4) is 0 Å². The number of allylic oxidation sites excluding steroid dienone is 1. The van der Waals surface area contributed by atoms with Crippen LogP contribution in [-0.4, -0.2) is 81.4 Å². The lowest BCUT2D eigenvalue weighted by Gasteiger charge is -2.30. The number of nitrogens with zero attached hydrogens (tertiary/aromatic N) is 2. The van der Waals surface area contributed by atoms with Gasteiger partial charge in [0.1, 0.15) is 35.1 Å². The zero-order valence-corrected chi connectivity index (χ0v) is 32.5. The summed E-state index contributed by atoms with van der Waals surface area (Å²) >= 11 is 0. The molecule has 4 aliphatic rings. The Labute approximate surface area is 326 Å². The summed E-state index contributed by atoms with van der Waals surface area (Å²) in [4.78, 5) is 84.2. The van der Waals surface area contributed by atoms with Gasteiger partial charge in [0.05, 0.1) is 13.1 Å². The number of carbonyl (C=O) groups excluding carboxylic acids is 6. The van der Waals surface area contributed by atoms with Gasteiger partial charge in [-0.3, -0.25) is 24.1 Å². The summed E-state index contributed by atoms with van der Waals surface area (Å²) in [6, 6.07) is 9.53. The fourth-order valence-corrected chi connectivity index (χ4v) is 7.74. The number of ketones is 1. The molecule has 1 saturated carbocycles. The summed E-state index contributed by atoms with van der Waals surface area (Å²) in [7, 11) is 0. The highest BCUT2D eigenvalue weighted by Crippen LogP contribution is 2.45. The standard InChI is InChI=1S/C42H52FN5O8/c1-5-35(49)27-14-11-13-26(19-27)22-44-38(52)42-21-29(42)16-9-7-6-8-10-18-33(45-39(53)56-41(2,3)4)37(51)48-24-30(20-34(48)36(50)46-42)55-40(54)47-23-28-15-12-17-32(43)31(28)25-47/h9,11-17,19,29-30,33-34H,5-8,10,18,20-25H2,1-4H3,(H,44,52)(H,45,53)(H,46,50)/b16-9-/t29-,30+,33-,34-,42+/m0/s1. The molecule has 3 aliphatic heterocycles.